The number of rotatable bonds is 8. The Kier molecular flexibility index (Phi) is 7.28. The summed E-state index contributed by atoms with van der Waals surface area (Å²) in [5.41, 5.74) is 0.586. The number of hydrogen-bond acceptors (Lipinski definition) is 7. The molecule has 176 valence electrons. The molecule has 0 aliphatic carbocycles. The van der Waals surface area contributed by atoms with Crippen molar-refractivity contribution in [2.45, 2.75) is 26.0 Å². The Morgan fingerprint density at radius 3 is 2.45 bits per heavy atom. The molecule has 2 aromatic rings. The van der Waals surface area contributed by atoms with Crippen LogP contribution in [0, 0.1) is 0 Å². The maximum absolute atomic E-state index is 13.1. The highest BCUT2D eigenvalue weighted by molar-refractivity contribution is 6.46. The minimum absolute atomic E-state index is 0.0426. The second kappa shape index (κ2) is 9.95. The third kappa shape index (κ3) is 5.12. The number of methoxy groups -OCH3 is 1. The lowest BCUT2D eigenvalue weighted by Gasteiger charge is -2.27. The number of phenols is 1. The van der Waals surface area contributed by atoms with Gasteiger partial charge in [0.05, 0.1) is 30.4 Å². The van der Waals surface area contributed by atoms with E-state index in [1.807, 2.05) is 32.8 Å². The van der Waals surface area contributed by atoms with Gasteiger partial charge in [-0.3, -0.25) is 9.59 Å². The van der Waals surface area contributed by atoms with Crippen molar-refractivity contribution in [2.75, 3.05) is 34.3 Å². The van der Waals surface area contributed by atoms with Gasteiger partial charge in [0.1, 0.15) is 23.0 Å². The first kappa shape index (κ1) is 24.1. The second-order valence-electron chi connectivity index (χ2n) is 8.42. The molecule has 0 radical (unpaired) electrons. The lowest BCUT2D eigenvalue weighted by molar-refractivity contribution is -0.140. The van der Waals surface area contributed by atoms with Crippen LogP contribution in [0.15, 0.2) is 48.0 Å². The molecule has 1 fully saturated rings. The molecule has 2 aromatic carbocycles. The summed E-state index contributed by atoms with van der Waals surface area (Å²) in [6.07, 6.45) is -0.0587. The molecule has 1 heterocycles. The van der Waals surface area contributed by atoms with Gasteiger partial charge in [0.15, 0.2) is 0 Å². The van der Waals surface area contributed by atoms with Crippen molar-refractivity contribution in [3.05, 3.63) is 59.2 Å². The minimum Gasteiger partial charge on any atom is -0.507 e. The van der Waals surface area contributed by atoms with E-state index in [0.29, 0.717) is 23.6 Å². The summed E-state index contributed by atoms with van der Waals surface area (Å²) >= 11 is 0. The van der Waals surface area contributed by atoms with Crippen molar-refractivity contribution in [3.63, 3.8) is 0 Å². The molecule has 33 heavy (non-hydrogen) atoms. The summed E-state index contributed by atoms with van der Waals surface area (Å²) in [6, 6.07) is 10.6. The van der Waals surface area contributed by atoms with Gasteiger partial charge in [-0.1, -0.05) is 12.1 Å². The van der Waals surface area contributed by atoms with Crippen LogP contribution in [0.4, 0.5) is 0 Å². The van der Waals surface area contributed by atoms with Gasteiger partial charge in [0.25, 0.3) is 11.7 Å². The number of benzene rings is 2. The maximum Gasteiger partial charge on any atom is 0.295 e. The SMILES string of the molecule is COc1ccc(C(O)=C2C(=O)C(=O)N(CCN(C)C)[C@@H]2c2cccc(OC(C)C)c2)c(O)c1. The van der Waals surface area contributed by atoms with E-state index in [4.69, 9.17) is 9.47 Å². The number of carbonyl (C=O) groups excluding carboxylic acids is 2. The predicted molar refractivity (Wildman–Crippen MR) is 124 cm³/mol. The maximum atomic E-state index is 13.1. The molecule has 3 rings (SSSR count). The van der Waals surface area contributed by atoms with Gasteiger partial charge < -0.3 is 29.5 Å². The van der Waals surface area contributed by atoms with Crippen LogP contribution in [-0.2, 0) is 9.59 Å². The van der Waals surface area contributed by atoms with Gasteiger partial charge >= 0.3 is 0 Å². The number of aliphatic hydroxyl groups is 1. The van der Waals surface area contributed by atoms with Crippen LogP contribution in [-0.4, -0.2) is 72.1 Å². The first-order chi connectivity index (χ1) is 15.6. The number of phenolic OH excluding ortho intramolecular Hbond substituents is 1. The molecule has 2 N–H and O–H groups in total. The highest BCUT2D eigenvalue weighted by Gasteiger charge is 2.46. The van der Waals surface area contributed by atoms with Crippen LogP contribution in [0.25, 0.3) is 5.76 Å². The zero-order valence-corrected chi connectivity index (χ0v) is 19.5. The first-order valence-electron chi connectivity index (χ1n) is 10.7. The number of ketones is 1. The van der Waals surface area contributed by atoms with Crippen LogP contribution in [0.2, 0.25) is 0 Å². The number of likely N-dealkylation sites (tertiary alicyclic amines) is 1. The number of hydrogen-bond donors (Lipinski definition) is 2. The lowest BCUT2D eigenvalue weighted by Crippen LogP contribution is -2.35. The molecule has 1 aliphatic rings. The summed E-state index contributed by atoms with van der Waals surface area (Å²) in [6.45, 7) is 4.62. The third-order valence-electron chi connectivity index (χ3n) is 5.33. The smallest absolute Gasteiger partial charge is 0.295 e. The standard InChI is InChI=1S/C25H30N2O6/c1-15(2)33-18-8-6-7-16(13-18)22-21(24(30)25(31)27(22)12-11-26(3)4)23(29)19-10-9-17(32-5)14-20(19)28/h6-10,13-15,22,28-29H,11-12H2,1-5H3/t22-/m1/s1. The molecule has 0 saturated carbocycles. The number of amides is 1. The molecule has 0 spiro atoms. The molecule has 1 saturated heterocycles. The molecule has 0 aromatic heterocycles. The van der Waals surface area contributed by atoms with E-state index in [-0.39, 0.29) is 29.5 Å². The summed E-state index contributed by atoms with van der Waals surface area (Å²) in [4.78, 5) is 29.4. The fourth-order valence-electron chi connectivity index (χ4n) is 3.78. The van der Waals surface area contributed by atoms with E-state index in [9.17, 15) is 19.8 Å². The molecule has 0 bridgehead atoms. The molecule has 8 heteroatoms. The second-order valence-corrected chi connectivity index (χ2v) is 8.42. The van der Waals surface area contributed by atoms with E-state index in [1.54, 1.807) is 30.3 Å². The largest absolute Gasteiger partial charge is 0.507 e. The predicted octanol–water partition coefficient (Wildman–Crippen LogP) is 3.17. The summed E-state index contributed by atoms with van der Waals surface area (Å²) in [5.74, 6) is -1.23. The van der Waals surface area contributed by atoms with Crippen molar-refractivity contribution in [1.29, 1.82) is 0 Å². The Balaban J connectivity index is 2.17. The van der Waals surface area contributed by atoms with Gasteiger partial charge in [-0.2, -0.15) is 0 Å². The van der Waals surface area contributed by atoms with Crippen molar-refractivity contribution in [3.8, 4) is 17.2 Å². The Hall–Kier alpha value is -3.52. The van der Waals surface area contributed by atoms with E-state index >= 15 is 0 Å². The first-order valence-corrected chi connectivity index (χ1v) is 10.7. The van der Waals surface area contributed by atoms with Crippen molar-refractivity contribution in [2.24, 2.45) is 0 Å². The molecular weight excluding hydrogens is 424 g/mol. The van der Waals surface area contributed by atoms with Crippen LogP contribution < -0.4 is 9.47 Å². The minimum atomic E-state index is -0.831. The van der Waals surface area contributed by atoms with Gasteiger partial charge in [-0.15, -0.1) is 0 Å². The van der Waals surface area contributed by atoms with Crippen molar-refractivity contribution < 1.29 is 29.3 Å². The van der Waals surface area contributed by atoms with Crippen LogP contribution in [0.5, 0.6) is 17.2 Å². The summed E-state index contributed by atoms with van der Waals surface area (Å²) < 4.78 is 10.9. The molecule has 8 nitrogen and oxygen atoms in total. The van der Waals surface area contributed by atoms with Gasteiger partial charge in [-0.25, -0.2) is 0 Å². The Bertz CT molecular complexity index is 1080. The molecular formula is C25H30N2O6. The van der Waals surface area contributed by atoms with Crippen LogP contribution >= 0.6 is 0 Å². The average molecular weight is 455 g/mol. The number of aromatic hydroxyl groups is 1. The van der Waals surface area contributed by atoms with Gasteiger partial charge in [0.2, 0.25) is 0 Å². The number of aliphatic hydroxyl groups excluding tert-OH is 1. The highest BCUT2D eigenvalue weighted by atomic mass is 16.5. The zero-order chi connectivity index (χ0) is 24.3. The van der Waals surface area contributed by atoms with Gasteiger partial charge in [0, 0.05) is 19.2 Å². The quantitative estimate of drug-likeness (QED) is 0.359. The number of Topliss-reactive ketones (excluding diaryl/α,β-unsaturated/α-hetero) is 1. The number of nitrogens with zero attached hydrogens (tertiary/aromatic N) is 2. The van der Waals surface area contributed by atoms with Crippen LogP contribution in [0.1, 0.15) is 31.0 Å². The fraction of sp³-hybridized carbons (Fsp3) is 0.360. The van der Waals surface area contributed by atoms with Crippen LogP contribution in [0.3, 0.4) is 0 Å². The van der Waals surface area contributed by atoms with E-state index in [2.05, 4.69) is 0 Å². The number of likely N-dealkylation sites (N-methyl/N-ethyl adjacent to an activating group) is 1. The highest BCUT2D eigenvalue weighted by Crippen LogP contribution is 2.41. The molecule has 1 atom stereocenters. The topological polar surface area (TPSA) is 99.5 Å². The molecule has 1 amide bonds. The van der Waals surface area contributed by atoms with Gasteiger partial charge in [-0.05, 0) is 57.8 Å². The molecule has 1 aliphatic heterocycles. The average Bonchev–Trinajstić information content (AvgIpc) is 3.01. The monoisotopic (exact) mass is 454 g/mol. The summed E-state index contributed by atoms with van der Waals surface area (Å²) in [5, 5.41) is 21.6. The lowest BCUT2D eigenvalue weighted by atomic mass is 9.94. The van der Waals surface area contributed by atoms with E-state index in [1.165, 1.54) is 24.1 Å². The normalized spacial score (nSPS) is 17.8. The Morgan fingerprint density at radius 2 is 1.85 bits per heavy atom. The van der Waals surface area contributed by atoms with E-state index in [0.717, 1.165) is 0 Å². The van der Waals surface area contributed by atoms with Crippen molar-refractivity contribution in [1.82, 2.24) is 9.80 Å². The van der Waals surface area contributed by atoms with E-state index < -0.39 is 23.5 Å². The Morgan fingerprint density at radius 1 is 1.12 bits per heavy atom. The number of ether oxygens (including phenoxy) is 2. The molecule has 0 unspecified atom stereocenters. The number of carbonyl (C=O) groups is 2. The summed E-state index contributed by atoms with van der Waals surface area (Å²) in [7, 11) is 5.20. The van der Waals surface area contributed by atoms with Crippen molar-refractivity contribution >= 4 is 17.4 Å². The third-order valence-corrected chi connectivity index (χ3v) is 5.33. The Labute approximate surface area is 193 Å². The zero-order valence-electron chi connectivity index (χ0n) is 19.5. The fourth-order valence-corrected chi connectivity index (χ4v) is 3.78.